The summed E-state index contributed by atoms with van der Waals surface area (Å²) < 4.78 is 4.82. The highest BCUT2D eigenvalue weighted by molar-refractivity contribution is 6.37. The van der Waals surface area contributed by atoms with E-state index >= 15 is 0 Å². The quantitative estimate of drug-likeness (QED) is 0.658. The van der Waals surface area contributed by atoms with Gasteiger partial charge in [-0.05, 0) is 12.1 Å². The second-order valence-corrected chi connectivity index (χ2v) is 3.86. The Bertz CT molecular complexity index is 423. The topological polar surface area (TPSA) is 55.4 Å². The van der Waals surface area contributed by atoms with Crippen LogP contribution in [0.1, 0.15) is 13.8 Å². The average Bonchev–Trinajstić information content (AvgIpc) is 2.10. The summed E-state index contributed by atoms with van der Waals surface area (Å²) in [6.45, 7) is 2.61. The molecule has 1 amide bonds. The lowest BCUT2D eigenvalue weighted by Gasteiger charge is -2.09. The van der Waals surface area contributed by atoms with Gasteiger partial charge in [0, 0.05) is 19.5 Å². The van der Waals surface area contributed by atoms with Crippen molar-refractivity contribution in [2.75, 3.05) is 5.32 Å². The van der Waals surface area contributed by atoms with Crippen molar-refractivity contribution in [1.82, 2.24) is 0 Å². The van der Waals surface area contributed by atoms with Crippen LogP contribution in [0.25, 0.3) is 0 Å². The van der Waals surface area contributed by atoms with Crippen LogP contribution in [0.2, 0.25) is 10.0 Å². The SMILES string of the molecule is CC(=O)Nc1cc(Cl)c(OC(C)=O)c(Cl)c1. The normalized spacial score (nSPS) is 9.75. The number of ether oxygens (including phenoxy) is 1. The van der Waals surface area contributed by atoms with E-state index in [9.17, 15) is 9.59 Å². The summed E-state index contributed by atoms with van der Waals surface area (Å²) in [6.07, 6.45) is 0. The molecule has 4 nitrogen and oxygen atoms in total. The van der Waals surface area contributed by atoms with Gasteiger partial charge in [-0.2, -0.15) is 0 Å². The van der Waals surface area contributed by atoms with E-state index in [-0.39, 0.29) is 21.7 Å². The van der Waals surface area contributed by atoms with Gasteiger partial charge in [0.2, 0.25) is 5.91 Å². The van der Waals surface area contributed by atoms with Gasteiger partial charge in [-0.25, -0.2) is 0 Å². The van der Waals surface area contributed by atoms with Crippen LogP contribution in [0.15, 0.2) is 12.1 Å². The first-order valence-electron chi connectivity index (χ1n) is 4.35. The highest BCUT2D eigenvalue weighted by Crippen LogP contribution is 2.36. The third-order valence-electron chi connectivity index (χ3n) is 1.56. The van der Waals surface area contributed by atoms with E-state index in [2.05, 4.69) is 5.32 Å². The predicted molar refractivity (Wildman–Crippen MR) is 62.1 cm³/mol. The molecule has 1 aromatic rings. The van der Waals surface area contributed by atoms with Gasteiger partial charge < -0.3 is 10.1 Å². The van der Waals surface area contributed by atoms with Crippen LogP contribution in [-0.4, -0.2) is 11.9 Å². The molecule has 0 heterocycles. The zero-order valence-corrected chi connectivity index (χ0v) is 10.1. The molecule has 0 aliphatic heterocycles. The summed E-state index contributed by atoms with van der Waals surface area (Å²) in [6, 6.07) is 2.90. The van der Waals surface area contributed by atoms with Crippen LogP contribution >= 0.6 is 23.2 Å². The number of nitrogens with one attached hydrogen (secondary N) is 1. The molecule has 0 fully saturated rings. The molecule has 0 unspecified atom stereocenters. The van der Waals surface area contributed by atoms with Crippen LogP contribution in [0.3, 0.4) is 0 Å². The standard InChI is InChI=1S/C10H9Cl2NO3/c1-5(14)13-7-3-8(11)10(9(12)4-7)16-6(2)15/h3-4H,1-2H3,(H,13,14). The first kappa shape index (κ1) is 12.8. The molecule has 0 bridgehead atoms. The first-order chi connectivity index (χ1) is 7.40. The number of esters is 1. The number of carbonyl (C=O) groups is 2. The Labute approximate surface area is 102 Å². The highest BCUT2D eigenvalue weighted by Gasteiger charge is 2.12. The molecule has 0 saturated heterocycles. The number of hydrogen-bond acceptors (Lipinski definition) is 3. The largest absolute Gasteiger partial charge is 0.424 e. The maximum Gasteiger partial charge on any atom is 0.308 e. The summed E-state index contributed by atoms with van der Waals surface area (Å²) in [7, 11) is 0. The molecule has 0 radical (unpaired) electrons. The lowest BCUT2D eigenvalue weighted by molar-refractivity contribution is -0.131. The van der Waals surface area contributed by atoms with Crippen LogP contribution in [0.5, 0.6) is 5.75 Å². The van der Waals surface area contributed by atoms with Gasteiger partial charge in [0.25, 0.3) is 0 Å². The Morgan fingerprint density at radius 1 is 1.19 bits per heavy atom. The van der Waals surface area contributed by atoms with Crippen molar-refractivity contribution in [1.29, 1.82) is 0 Å². The zero-order chi connectivity index (χ0) is 12.3. The lowest BCUT2D eigenvalue weighted by atomic mass is 10.3. The van der Waals surface area contributed by atoms with E-state index in [4.69, 9.17) is 27.9 Å². The maximum absolute atomic E-state index is 10.8. The number of anilines is 1. The van der Waals surface area contributed by atoms with Gasteiger partial charge in [0.1, 0.15) is 0 Å². The molecule has 0 aromatic heterocycles. The molecular weight excluding hydrogens is 253 g/mol. The number of benzene rings is 1. The first-order valence-corrected chi connectivity index (χ1v) is 5.11. The average molecular weight is 262 g/mol. The number of carbonyl (C=O) groups excluding carboxylic acids is 2. The van der Waals surface area contributed by atoms with Crippen LogP contribution in [-0.2, 0) is 9.59 Å². The number of amides is 1. The van der Waals surface area contributed by atoms with Gasteiger partial charge in [-0.1, -0.05) is 23.2 Å². The number of hydrogen-bond donors (Lipinski definition) is 1. The molecular formula is C10H9Cl2NO3. The molecule has 1 aromatic carbocycles. The molecule has 0 spiro atoms. The Hall–Kier alpha value is -1.26. The smallest absolute Gasteiger partial charge is 0.308 e. The highest BCUT2D eigenvalue weighted by atomic mass is 35.5. The Morgan fingerprint density at radius 3 is 2.06 bits per heavy atom. The van der Waals surface area contributed by atoms with Crippen molar-refractivity contribution < 1.29 is 14.3 Å². The van der Waals surface area contributed by atoms with Crippen LogP contribution in [0, 0.1) is 0 Å². The van der Waals surface area contributed by atoms with Crippen molar-refractivity contribution >= 4 is 40.8 Å². The molecule has 1 N–H and O–H groups in total. The number of halogens is 2. The van der Waals surface area contributed by atoms with Crippen molar-refractivity contribution in [3.63, 3.8) is 0 Å². The van der Waals surface area contributed by atoms with Gasteiger partial charge in [-0.15, -0.1) is 0 Å². The fourth-order valence-corrected chi connectivity index (χ4v) is 1.64. The fourth-order valence-electron chi connectivity index (χ4n) is 1.08. The third kappa shape index (κ3) is 3.40. The molecule has 0 aliphatic rings. The molecule has 0 atom stereocenters. The van der Waals surface area contributed by atoms with Crippen LogP contribution in [0.4, 0.5) is 5.69 Å². The minimum absolute atomic E-state index is 0.0879. The van der Waals surface area contributed by atoms with E-state index in [1.807, 2.05) is 0 Å². The van der Waals surface area contributed by atoms with Crippen LogP contribution < -0.4 is 10.1 Å². The Morgan fingerprint density at radius 2 is 1.69 bits per heavy atom. The van der Waals surface area contributed by atoms with Crippen molar-refractivity contribution in [3.8, 4) is 5.75 Å². The van der Waals surface area contributed by atoms with E-state index in [0.717, 1.165) is 0 Å². The predicted octanol–water partition coefficient (Wildman–Crippen LogP) is 2.88. The number of rotatable bonds is 2. The van der Waals surface area contributed by atoms with E-state index in [0.29, 0.717) is 5.69 Å². The molecule has 86 valence electrons. The fraction of sp³-hybridized carbons (Fsp3) is 0.200. The molecule has 16 heavy (non-hydrogen) atoms. The summed E-state index contributed by atoms with van der Waals surface area (Å²) in [5, 5.41) is 2.84. The minimum atomic E-state index is -0.518. The lowest BCUT2D eigenvalue weighted by Crippen LogP contribution is -2.07. The monoisotopic (exact) mass is 261 g/mol. The van der Waals surface area contributed by atoms with Gasteiger partial charge in [0.05, 0.1) is 10.0 Å². The summed E-state index contributed by atoms with van der Waals surface area (Å²) in [4.78, 5) is 21.6. The molecule has 6 heteroatoms. The van der Waals surface area contributed by atoms with Gasteiger partial charge >= 0.3 is 5.97 Å². The molecule has 0 aliphatic carbocycles. The van der Waals surface area contributed by atoms with E-state index in [1.165, 1.54) is 26.0 Å². The van der Waals surface area contributed by atoms with Crippen molar-refractivity contribution in [2.24, 2.45) is 0 Å². The van der Waals surface area contributed by atoms with E-state index < -0.39 is 5.97 Å². The zero-order valence-electron chi connectivity index (χ0n) is 8.64. The Kier molecular flexibility index (Phi) is 4.15. The molecule has 0 saturated carbocycles. The second kappa shape index (κ2) is 5.18. The van der Waals surface area contributed by atoms with Crippen molar-refractivity contribution in [2.45, 2.75) is 13.8 Å². The summed E-state index contributed by atoms with van der Waals surface area (Å²) in [5.74, 6) is -0.673. The van der Waals surface area contributed by atoms with Gasteiger partial charge in [-0.3, -0.25) is 9.59 Å². The Balaban J connectivity index is 3.06. The van der Waals surface area contributed by atoms with E-state index in [1.54, 1.807) is 0 Å². The summed E-state index contributed by atoms with van der Waals surface area (Å²) in [5.41, 5.74) is 0.443. The molecule has 1 rings (SSSR count). The maximum atomic E-state index is 10.8. The third-order valence-corrected chi connectivity index (χ3v) is 2.13. The minimum Gasteiger partial charge on any atom is -0.424 e. The van der Waals surface area contributed by atoms with Gasteiger partial charge in [0.15, 0.2) is 5.75 Å². The van der Waals surface area contributed by atoms with Crippen molar-refractivity contribution in [3.05, 3.63) is 22.2 Å². The second-order valence-electron chi connectivity index (χ2n) is 3.04. The summed E-state index contributed by atoms with van der Waals surface area (Å²) >= 11 is 11.7.